The normalized spacial score (nSPS) is 17.7. The van der Waals surface area contributed by atoms with Crippen molar-refractivity contribution in [2.24, 2.45) is 11.8 Å². The molecule has 0 spiro atoms. The highest BCUT2D eigenvalue weighted by Crippen LogP contribution is 2.36. The van der Waals surface area contributed by atoms with Gasteiger partial charge >= 0.3 is 0 Å². The summed E-state index contributed by atoms with van der Waals surface area (Å²) in [7, 11) is 6.06. The van der Waals surface area contributed by atoms with Crippen molar-refractivity contribution in [2.45, 2.75) is 6.42 Å². The molecule has 2 aromatic rings. The number of hydrogen-bond donors (Lipinski definition) is 0. The van der Waals surface area contributed by atoms with Crippen LogP contribution < -0.4 is 9.47 Å². The van der Waals surface area contributed by atoms with Crippen LogP contribution in [0.15, 0.2) is 66.1 Å². The molecular formula is C25H25ClO6. The summed E-state index contributed by atoms with van der Waals surface area (Å²) in [6.45, 7) is 0. The minimum Gasteiger partial charge on any atom is -0.493 e. The van der Waals surface area contributed by atoms with Crippen LogP contribution in [-0.4, -0.2) is 40.0 Å². The Labute approximate surface area is 192 Å². The van der Waals surface area contributed by atoms with Gasteiger partial charge in [-0.15, -0.1) is 0 Å². The number of halogens is 1. The molecule has 0 amide bonds. The summed E-state index contributed by atoms with van der Waals surface area (Å²) in [5.41, 5.74) is 0.851. The van der Waals surface area contributed by atoms with Crippen LogP contribution in [0.5, 0.6) is 11.5 Å². The molecule has 0 saturated carbocycles. The molecule has 168 valence electrons. The highest BCUT2D eigenvalue weighted by atomic mass is 35.5. The van der Waals surface area contributed by atoms with E-state index in [-0.39, 0.29) is 18.0 Å². The number of rotatable bonds is 9. The van der Waals surface area contributed by atoms with E-state index in [0.717, 1.165) is 0 Å². The highest BCUT2D eigenvalue weighted by Gasteiger charge is 2.34. The third kappa shape index (κ3) is 4.81. The largest absolute Gasteiger partial charge is 0.493 e. The minimum atomic E-state index is -0.646. The van der Waals surface area contributed by atoms with Crippen molar-refractivity contribution in [2.75, 3.05) is 28.4 Å². The minimum absolute atomic E-state index is 0.0801. The number of hydrogen-bond acceptors (Lipinski definition) is 6. The van der Waals surface area contributed by atoms with Gasteiger partial charge in [-0.25, -0.2) is 0 Å². The zero-order chi connectivity index (χ0) is 23.3. The molecule has 0 bridgehead atoms. The van der Waals surface area contributed by atoms with Crippen LogP contribution in [-0.2, 0) is 9.47 Å². The molecule has 1 aliphatic carbocycles. The lowest BCUT2D eigenvalue weighted by Crippen LogP contribution is -2.27. The van der Waals surface area contributed by atoms with Gasteiger partial charge in [0.15, 0.2) is 34.6 Å². The molecule has 0 heterocycles. The van der Waals surface area contributed by atoms with Gasteiger partial charge < -0.3 is 18.9 Å². The molecule has 1 aliphatic rings. The summed E-state index contributed by atoms with van der Waals surface area (Å²) in [6, 6.07) is 11.8. The Hall–Kier alpha value is -3.25. The van der Waals surface area contributed by atoms with Crippen LogP contribution in [0.1, 0.15) is 27.1 Å². The first kappa shape index (κ1) is 23.4. The lowest BCUT2D eigenvalue weighted by molar-refractivity contribution is 0.0881. The Morgan fingerprint density at radius 2 is 1.50 bits per heavy atom. The van der Waals surface area contributed by atoms with E-state index in [1.165, 1.54) is 28.4 Å². The third-order valence-electron chi connectivity index (χ3n) is 5.41. The molecule has 0 N–H and O–H groups in total. The maximum absolute atomic E-state index is 13.4. The van der Waals surface area contributed by atoms with Gasteiger partial charge in [-0.2, -0.15) is 0 Å². The van der Waals surface area contributed by atoms with E-state index in [9.17, 15) is 9.59 Å². The van der Waals surface area contributed by atoms with Gasteiger partial charge in [-0.05, 0) is 42.5 Å². The Bertz CT molecular complexity index is 1070. The Morgan fingerprint density at radius 1 is 0.844 bits per heavy atom. The van der Waals surface area contributed by atoms with Gasteiger partial charge in [0.2, 0.25) is 0 Å². The van der Waals surface area contributed by atoms with Crippen LogP contribution >= 0.6 is 11.6 Å². The fraction of sp³-hybridized carbons (Fsp3) is 0.280. The van der Waals surface area contributed by atoms with Crippen molar-refractivity contribution < 1.29 is 28.5 Å². The number of allylic oxidation sites excluding steroid dienone is 2. The first-order valence-electron chi connectivity index (χ1n) is 9.99. The van der Waals surface area contributed by atoms with Gasteiger partial charge in [-0.1, -0.05) is 23.7 Å². The highest BCUT2D eigenvalue weighted by molar-refractivity contribution is 6.34. The van der Waals surface area contributed by atoms with Gasteiger partial charge in [0.25, 0.3) is 0 Å². The molecule has 0 radical (unpaired) electrons. The number of carbonyl (C=O) groups is 2. The van der Waals surface area contributed by atoms with E-state index >= 15 is 0 Å². The lowest BCUT2D eigenvalue weighted by atomic mass is 9.78. The molecule has 32 heavy (non-hydrogen) atoms. The van der Waals surface area contributed by atoms with E-state index in [2.05, 4.69) is 0 Å². The predicted molar refractivity (Wildman–Crippen MR) is 121 cm³/mol. The summed E-state index contributed by atoms with van der Waals surface area (Å²) in [5.74, 6) is 0.466. The van der Waals surface area contributed by atoms with Crippen LogP contribution in [0.2, 0.25) is 5.02 Å². The monoisotopic (exact) mass is 456 g/mol. The predicted octanol–water partition coefficient (Wildman–Crippen LogP) is 5.12. The topological polar surface area (TPSA) is 71.1 Å². The summed E-state index contributed by atoms with van der Waals surface area (Å²) in [4.78, 5) is 26.5. The van der Waals surface area contributed by atoms with Gasteiger partial charge in [0.05, 0.1) is 39.4 Å². The van der Waals surface area contributed by atoms with E-state index in [1.807, 2.05) is 0 Å². The lowest BCUT2D eigenvalue weighted by Gasteiger charge is -2.27. The number of Topliss-reactive ketones (excluding diaryl/α,β-unsaturated/α-hetero) is 2. The quantitative estimate of drug-likeness (QED) is 0.488. The first-order valence-corrected chi connectivity index (χ1v) is 10.4. The number of benzene rings is 2. The summed E-state index contributed by atoms with van der Waals surface area (Å²) >= 11 is 6.27. The Kier molecular flexibility index (Phi) is 7.59. The number of ketones is 2. The van der Waals surface area contributed by atoms with Crippen molar-refractivity contribution in [3.05, 3.63) is 82.3 Å². The summed E-state index contributed by atoms with van der Waals surface area (Å²) in [5, 5.41) is 0.358. The molecule has 6 nitrogen and oxygen atoms in total. The number of carbonyl (C=O) groups excluding carboxylic acids is 2. The van der Waals surface area contributed by atoms with E-state index in [4.69, 9.17) is 30.5 Å². The number of ether oxygens (including phenoxy) is 4. The van der Waals surface area contributed by atoms with Crippen LogP contribution in [0.3, 0.4) is 0 Å². The van der Waals surface area contributed by atoms with E-state index < -0.39 is 11.8 Å². The SMILES string of the molecule is COC1=C[C@@H](CC(=O)c2ccc(OC)c(OC)c2)[C@H](C(=O)c2ccccc2Cl)C=C1OC. The molecule has 0 unspecified atom stereocenters. The van der Waals surface area contributed by atoms with Crippen LogP contribution in [0.25, 0.3) is 0 Å². The van der Waals surface area contributed by atoms with Crippen LogP contribution in [0, 0.1) is 11.8 Å². The summed E-state index contributed by atoms with van der Waals surface area (Å²) < 4.78 is 21.4. The van der Waals surface area contributed by atoms with Gasteiger partial charge in [0, 0.05) is 23.5 Å². The fourth-order valence-electron chi connectivity index (χ4n) is 3.72. The standard InChI is InChI=1S/C25H25ClO6/c1-29-21-10-9-15(12-22(21)30-2)20(27)11-16-13-23(31-3)24(32-4)14-18(16)25(28)17-7-5-6-8-19(17)26/h5-10,12-14,16,18H,11H2,1-4H3/t16-,18-/m1/s1. The zero-order valence-corrected chi connectivity index (χ0v) is 19.1. The average molecular weight is 457 g/mol. The Balaban J connectivity index is 1.95. The smallest absolute Gasteiger partial charge is 0.171 e. The zero-order valence-electron chi connectivity index (χ0n) is 18.4. The van der Waals surface area contributed by atoms with Gasteiger partial charge in [-0.3, -0.25) is 9.59 Å². The second-order valence-electron chi connectivity index (χ2n) is 7.20. The molecule has 2 atom stereocenters. The van der Waals surface area contributed by atoms with Crippen LogP contribution in [0.4, 0.5) is 0 Å². The van der Waals surface area contributed by atoms with Crippen molar-refractivity contribution >= 4 is 23.2 Å². The van der Waals surface area contributed by atoms with Crippen molar-refractivity contribution in [3.63, 3.8) is 0 Å². The van der Waals surface area contributed by atoms with E-state index in [1.54, 1.807) is 54.6 Å². The maximum atomic E-state index is 13.4. The summed E-state index contributed by atoms with van der Waals surface area (Å²) in [6.07, 6.45) is 3.53. The average Bonchev–Trinajstić information content (AvgIpc) is 2.83. The molecule has 3 rings (SSSR count). The molecule has 0 aliphatic heterocycles. The second kappa shape index (κ2) is 10.4. The van der Waals surface area contributed by atoms with Crippen molar-refractivity contribution in [3.8, 4) is 11.5 Å². The Morgan fingerprint density at radius 3 is 2.12 bits per heavy atom. The molecule has 0 aromatic heterocycles. The maximum Gasteiger partial charge on any atom is 0.171 e. The number of methoxy groups -OCH3 is 4. The first-order chi connectivity index (χ1) is 15.4. The molecule has 0 fully saturated rings. The fourth-order valence-corrected chi connectivity index (χ4v) is 3.95. The third-order valence-corrected chi connectivity index (χ3v) is 5.74. The van der Waals surface area contributed by atoms with Crippen molar-refractivity contribution in [1.82, 2.24) is 0 Å². The van der Waals surface area contributed by atoms with E-state index in [0.29, 0.717) is 39.2 Å². The molecule has 2 aromatic carbocycles. The molecular weight excluding hydrogens is 432 g/mol. The van der Waals surface area contributed by atoms with Gasteiger partial charge in [0.1, 0.15) is 0 Å². The van der Waals surface area contributed by atoms with Crippen molar-refractivity contribution in [1.29, 1.82) is 0 Å². The molecule has 0 saturated heterocycles. The second-order valence-corrected chi connectivity index (χ2v) is 7.61. The molecule has 7 heteroatoms.